The monoisotopic (exact) mass is 461 g/mol. The second kappa shape index (κ2) is 9.51. The van der Waals surface area contributed by atoms with Gasteiger partial charge in [-0.1, -0.05) is 11.6 Å². The number of benzene rings is 2. The molecule has 166 valence electrons. The summed E-state index contributed by atoms with van der Waals surface area (Å²) < 4.78 is 29.8. The molecule has 0 aliphatic carbocycles. The second-order valence-electron chi connectivity index (χ2n) is 8.18. The minimum Gasteiger partial charge on any atom is -0.322 e. The number of rotatable bonds is 5. The van der Waals surface area contributed by atoms with Crippen LogP contribution in [0.3, 0.4) is 0 Å². The average molecular weight is 462 g/mol. The number of piperidine rings is 1. The molecule has 1 saturated heterocycles. The van der Waals surface area contributed by atoms with Crippen LogP contribution in [0.25, 0.3) is 0 Å². The van der Waals surface area contributed by atoms with Crippen LogP contribution in [0.15, 0.2) is 45.7 Å². The molecular weight excluding hydrogens is 434 g/mol. The van der Waals surface area contributed by atoms with Gasteiger partial charge in [0.05, 0.1) is 4.90 Å². The number of hydrogen-bond donors (Lipinski definition) is 1. The number of aryl methyl sites for hydroxylation is 2. The van der Waals surface area contributed by atoms with Crippen LogP contribution in [0.5, 0.6) is 0 Å². The molecule has 0 bridgehead atoms. The highest BCUT2D eigenvalue weighted by Crippen LogP contribution is 2.25. The van der Waals surface area contributed by atoms with Crippen molar-refractivity contribution >= 4 is 38.9 Å². The van der Waals surface area contributed by atoms with Gasteiger partial charge in [-0.25, -0.2) is 0 Å². The fourth-order valence-corrected chi connectivity index (χ4v) is 5.18. The molecule has 0 aromatic heterocycles. The molecule has 1 aliphatic rings. The Morgan fingerprint density at radius 2 is 1.77 bits per heavy atom. The van der Waals surface area contributed by atoms with Crippen molar-refractivity contribution < 1.29 is 13.2 Å². The van der Waals surface area contributed by atoms with Crippen molar-refractivity contribution in [1.82, 2.24) is 4.90 Å². The summed E-state index contributed by atoms with van der Waals surface area (Å²) in [5.41, 5.74) is 3.13. The maximum Gasteiger partial charge on any atom is 0.282 e. The first-order chi connectivity index (χ1) is 14.6. The largest absolute Gasteiger partial charge is 0.322 e. The van der Waals surface area contributed by atoms with Crippen molar-refractivity contribution in [2.75, 3.05) is 25.5 Å². The maximum atomic E-state index is 12.8. The van der Waals surface area contributed by atoms with E-state index in [0.29, 0.717) is 27.5 Å². The van der Waals surface area contributed by atoms with Crippen LogP contribution in [0.1, 0.15) is 41.3 Å². The molecule has 2 aromatic rings. The van der Waals surface area contributed by atoms with E-state index in [9.17, 15) is 13.2 Å². The maximum absolute atomic E-state index is 12.8. The van der Waals surface area contributed by atoms with E-state index in [4.69, 9.17) is 11.6 Å². The van der Waals surface area contributed by atoms with Gasteiger partial charge >= 0.3 is 0 Å². The first kappa shape index (κ1) is 23.4. The lowest BCUT2D eigenvalue weighted by Crippen LogP contribution is -2.33. The summed E-state index contributed by atoms with van der Waals surface area (Å²) in [6, 6.07) is 9.69. The van der Waals surface area contributed by atoms with Crippen LogP contribution in [0.2, 0.25) is 5.02 Å². The van der Waals surface area contributed by atoms with E-state index in [1.54, 1.807) is 44.2 Å². The van der Waals surface area contributed by atoms with Crippen LogP contribution < -0.4 is 5.32 Å². The van der Waals surface area contributed by atoms with Crippen LogP contribution in [-0.4, -0.2) is 45.1 Å². The van der Waals surface area contributed by atoms with Gasteiger partial charge in [0.2, 0.25) is 0 Å². The molecule has 2 aromatic carbocycles. The number of nitrogens with zero attached hydrogens (tertiary/aromatic N) is 2. The van der Waals surface area contributed by atoms with Crippen molar-refractivity contribution in [2.45, 2.75) is 38.5 Å². The number of carbonyl (C=O) groups excluding carboxylic acids is 1. The van der Waals surface area contributed by atoms with Crippen LogP contribution >= 0.6 is 11.6 Å². The van der Waals surface area contributed by atoms with E-state index in [1.807, 2.05) is 6.92 Å². The number of likely N-dealkylation sites (tertiary alicyclic amines) is 1. The second-order valence-corrected chi connectivity index (χ2v) is 10.2. The third-order valence-corrected chi connectivity index (χ3v) is 7.36. The van der Waals surface area contributed by atoms with E-state index < -0.39 is 10.0 Å². The number of hydrogen-bond acceptors (Lipinski definition) is 4. The van der Waals surface area contributed by atoms with E-state index in [2.05, 4.69) is 21.7 Å². The Kier molecular flexibility index (Phi) is 7.19. The molecule has 31 heavy (non-hydrogen) atoms. The van der Waals surface area contributed by atoms with Gasteiger partial charge in [0.25, 0.3) is 15.9 Å². The minimum atomic E-state index is -3.81. The summed E-state index contributed by atoms with van der Waals surface area (Å²) in [6.07, 6.45) is 1.82. The number of amides is 1. The molecule has 1 fully saturated rings. The van der Waals surface area contributed by atoms with E-state index in [1.165, 1.54) is 6.07 Å². The summed E-state index contributed by atoms with van der Waals surface area (Å²) in [5.74, 6) is -0.0859. The Labute approximate surface area is 189 Å². The van der Waals surface area contributed by atoms with Gasteiger partial charge < -0.3 is 10.2 Å². The lowest BCUT2D eigenvalue weighted by atomic mass is 9.93. The third-order valence-electron chi connectivity index (χ3n) is 5.75. The van der Waals surface area contributed by atoms with Gasteiger partial charge in [-0.15, -0.1) is 0 Å². The number of anilines is 1. The van der Waals surface area contributed by atoms with Crippen molar-refractivity contribution in [1.29, 1.82) is 0 Å². The van der Waals surface area contributed by atoms with E-state index >= 15 is 0 Å². The lowest BCUT2D eigenvalue weighted by molar-refractivity contribution is 0.102. The van der Waals surface area contributed by atoms with E-state index in [0.717, 1.165) is 31.5 Å². The molecule has 0 spiro atoms. The van der Waals surface area contributed by atoms with Gasteiger partial charge in [-0.3, -0.25) is 4.79 Å². The number of carbonyl (C=O) groups is 1. The molecule has 0 unspecified atom stereocenters. The number of sulfonamides is 1. The predicted molar refractivity (Wildman–Crippen MR) is 126 cm³/mol. The van der Waals surface area contributed by atoms with Gasteiger partial charge in [-0.2, -0.15) is 12.8 Å². The normalized spacial score (nSPS) is 16.4. The first-order valence-electron chi connectivity index (χ1n) is 10.2. The molecule has 0 atom stereocenters. The molecule has 1 aliphatic heterocycles. The summed E-state index contributed by atoms with van der Waals surface area (Å²) in [5, 5.41) is 3.41. The molecular formula is C23H28ClN3O3S. The average Bonchev–Trinajstić information content (AvgIpc) is 2.69. The fraction of sp³-hybridized carbons (Fsp3) is 0.391. The van der Waals surface area contributed by atoms with Gasteiger partial charge in [0.1, 0.15) is 0 Å². The fourth-order valence-electron chi connectivity index (χ4n) is 3.75. The van der Waals surface area contributed by atoms with Crippen molar-refractivity contribution in [2.24, 2.45) is 10.3 Å². The summed E-state index contributed by atoms with van der Waals surface area (Å²) >= 11 is 5.96. The predicted octanol–water partition coefficient (Wildman–Crippen LogP) is 4.70. The minimum absolute atomic E-state index is 0.123. The third kappa shape index (κ3) is 5.73. The first-order valence-corrected chi connectivity index (χ1v) is 12.1. The standard InChI is InChI=1S/C23H28ClN3O3S/c1-15-13-19(24)5-7-21(15)23(28)25-22-8-6-20(14-16(22)2)31(29,30)26-17(3)18-9-11-27(4)12-10-18/h5-8,13-14,18H,9-12H2,1-4H3,(H,25,28)/b26-17-. The lowest BCUT2D eigenvalue weighted by Gasteiger charge is -2.28. The Morgan fingerprint density at radius 1 is 1.10 bits per heavy atom. The molecule has 1 N–H and O–H groups in total. The molecule has 0 saturated carbocycles. The molecule has 8 heteroatoms. The SMILES string of the molecule is C/C(=N/S(=O)(=O)c1ccc(NC(=O)c2ccc(Cl)cc2C)c(C)c1)C1CCN(C)CC1. The molecule has 1 heterocycles. The highest BCUT2D eigenvalue weighted by Gasteiger charge is 2.22. The summed E-state index contributed by atoms with van der Waals surface area (Å²) in [4.78, 5) is 15.0. The van der Waals surface area contributed by atoms with E-state index in [-0.39, 0.29) is 16.7 Å². The molecule has 1 amide bonds. The Bertz CT molecular complexity index is 1120. The summed E-state index contributed by atoms with van der Waals surface area (Å²) in [6.45, 7) is 7.25. The highest BCUT2D eigenvalue weighted by atomic mass is 35.5. The van der Waals surface area contributed by atoms with Crippen LogP contribution in [0, 0.1) is 19.8 Å². The topological polar surface area (TPSA) is 78.8 Å². The van der Waals surface area contributed by atoms with Gasteiger partial charge in [-0.05, 0) is 101 Å². The van der Waals surface area contributed by atoms with Crippen molar-refractivity contribution in [3.8, 4) is 0 Å². The van der Waals surface area contributed by atoms with Crippen molar-refractivity contribution in [3.05, 3.63) is 58.1 Å². The molecule has 0 radical (unpaired) electrons. The van der Waals surface area contributed by atoms with Crippen molar-refractivity contribution in [3.63, 3.8) is 0 Å². The molecule has 6 nitrogen and oxygen atoms in total. The zero-order valence-corrected chi connectivity index (χ0v) is 19.8. The van der Waals surface area contributed by atoms with Gasteiger partial charge in [0, 0.05) is 27.9 Å². The number of halogens is 1. The zero-order chi connectivity index (χ0) is 22.8. The summed E-state index contributed by atoms with van der Waals surface area (Å²) in [7, 11) is -1.74. The highest BCUT2D eigenvalue weighted by molar-refractivity contribution is 7.90. The van der Waals surface area contributed by atoms with Gasteiger partial charge in [0.15, 0.2) is 0 Å². The Morgan fingerprint density at radius 3 is 2.39 bits per heavy atom. The molecule has 3 rings (SSSR count). The Hall–Kier alpha value is -2.22. The quantitative estimate of drug-likeness (QED) is 0.654. The Balaban J connectivity index is 1.77. The zero-order valence-electron chi connectivity index (χ0n) is 18.3. The van der Waals surface area contributed by atoms with Crippen LogP contribution in [0.4, 0.5) is 5.69 Å². The van der Waals surface area contributed by atoms with Crippen LogP contribution in [-0.2, 0) is 10.0 Å². The smallest absolute Gasteiger partial charge is 0.282 e. The number of nitrogens with one attached hydrogen (secondary N) is 1.